The van der Waals surface area contributed by atoms with Crippen molar-refractivity contribution in [3.63, 3.8) is 0 Å². The molecule has 4 heteroatoms. The molecule has 1 aromatic carbocycles. The Bertz CT molecular complexity index is 592. The smallest absolute Gasteiger partial charge is 0.337 e. The van der Waals surface area contributed by atoms with Crippen LogP contribution >= 0.6 is 0 Å². The van der Waals surface area contributed by atoms with Gasteiger partial charge in [0.1, 0.15) is 0 Å². The van der Waals surface area contributed by atoms with E-state index in [-0.39, 0.29) is 5.56 Å². The van der Waals surface area contributed by atoms with Gasteiger partial charge < -0.3 is 10.4 Å². The lowest BCUT2D eigenvalue weighted by molar-refractivity contribution is 0.0698. The predicted octanol–water partition coefficient (Wildman–Crippen LogP) is 3.01. The number of aromatic nitrogens is 1. The Morgan fingerprint density at radius 3 is 2.68 bits per heavy atom. The van der Waals surface area contributed by atoms with Gasteiger partial charge in [-0.3, -0.25) is 4.98 Å². The number of hydrogen-bond acceptors (Lipinski definition) is 3. The second-order valence-corrected chi connectivity index (χ2v) is 4.52. The minimum absolute atomic E-state index is 0.283. The standard InChI is InChI=1S/C15H16N2O2/c1-10-3-6-13(15(18)19)14(7-10)17-9-12-5-4-11(2)16-8-12/h3-8,17H,9H2,1-2H3,(H,18,19). The van der Waals surface area contributed by atoms with Gasteiger partial charge >= 0.3 is 5.97 Å². The highest BCUT2D eigenvalue weighted by Crippen LogP contribution is 2.18. The number of carbonyl (C=O) groups is 1. The zero-order valence-corrected chi connectivity index (χ0v) is 11.0. The van der Waals surface area contributed by atoms with Crippen LogP contribution in [0.3, 0.4) is 0 Å². The first-order chi connectivity index (χ1) is 9.06. The molecule has 0 bridgehead atoms. The first-order valence-corrected chi connectivity index (χ1v) is 6.05. The molecule has 0 saturated heterocycles. The normalized spacial score (nSPS) is 10.2. The number of aryl methyl sites for hydroxylation is 2. The lowest BCUT2D eigenvalue weighted by Crippen LogP contribution is -2.07. The van der Waals surface area contributed by atoms with Crippen LogP contribution in [0.5, 0.6) is 0 Å². The third-order valence-electron chi connectivity index (χ3n) is 2.86. The molecule has 2 N–H and O–H groups in total. The van der Waals surface area contributed by atoms with Gasteiger partial charge in [-0.25, -0.2) is 4.79 Å². The van der Waals surface area contributed by atoms with Crippen molar-refractivity contribution in [1.29, 1.82) is 0 Å². The number of hydrogen-bond donors (Lipinski definition) is 2. The van der Waals surface area contributed by atoms with Gasteiger partial charge in [0.05, 0.1) is 5.56 Å². The number of carboxylic acids is 1. The quantitative estimate of drug-likeness (QED) is 0.882. The van der Waals surface area contributed by atoms with Gasteiger partial charge in [-0.05, 0) is 43.2 Å². The van der Waals surface area contributed by atoms with Crippen LogP contribution in [0, 0.1) is 13.8 Å². The highest BCUT2D eigenvalue weighted by atomic mass is 16.4. The van der Waals surface area contributed by atoms with E-state index in [9.17, 15) is 4.79 Å². The first kappa shape index (κ1) is 13.1. The summed E-state index contributed by atoms with van der Waals surface area (Å²) in [6, 6.07) is 9.16. The van der Waals surface area contributed by atoms with Gasteiger partial charge in [-0.2, -0.15) is 0 Å². The van der Waals surface area contributed by atoms with Gasteiger partial charge in [-0.1, -0.05) is 12.1 Å². The van der Waals surface area contributed by atoms with E-state index in [0.29, 0.717) is 12.2 Å². The predicted molar refractivity (Wildman–Crippen MR) is 74.4 cm³/mol. The van der Waals surface area contributed by atoms with Crippen molar-refractivity contribution in [2.24, 2.45) is 0 Å². The second-order valence-electron chi connectivity index (χ2n) is 4.52. The Morgan fingerprint density at radius 1 is 1.26 bits per heavy atom. The highest BCUT2D eigenvalue weighted by Gasteiger charge is 2.09. The van der Waals surface area contributed by atoms with Crippen molar-refractivity contribution in [3.05, 3.63) is 58.9 Å². The average Bonchev–Trinajstić information content (AvgIpc) is 2.38. The molecule has 0 atom stereocenters. The number of rotatable bonds is 4. The summed E-state index contributed by atoms with van der Waals surface area (Å²) < 4.78 is 0. The maximum absolute atomic E-state index is 11.1. The van der Waals surface area contributed by atoms with Crippen LogP contribution in [-0.2, 0) is 6.54 Å². The largest absolute Gasteiger partial charge is 0.478 e. The number of benzene rings is 1. The van der Waals surface area contributed by atoms with E-state index in [0.717, 1.165) is 16.8 Å². The van der Waals surface area contributed by atoms with E-state index >= 15 is 0 Å². The molecule has 0 spiro atoms. The molecule has 0 amide bonds. The molecule has 0 aliphatic carbocycles. The van der Waals surface area contributed by atoms with Crippen molar-refractivity contribution < 1.29 is 9.90 Å². The lowest BCUT2D eigenvalue weighted by Gasteiger charge is -2.10. The van der Waals surface area contributed by atoms with Gasteiger partial charge in [-0.15, -0.1) is 0 Å². The van der Waals surface area contributed by atoms with Crippen LogP contribution in [0.15, 0.2) is 36.5 Å². The first-order valence-electron chi connectivity index (χ1n) is 6.05. The molecule has 0 aliphatic rings. The summed E-state index contributed by atoms with van der Waals surface area (Å²) in [5.74, 6) is -0.926. The summed E-state index contributed by atoms with van der Waals surface area (Å²) in [7, 11) is 0. The minimum Gasteiger partial charge on any atom is -0.478 e. The maximum Gasteiger partial charge on any atom is 0.337 e. The number of nitrogens with one attached hydrogen (secondary N) is 1. The fraction of sp³-hybridized carbons (Fsp3) is 0.200. The summed E-state index contributed by atoms with van der Waals surface area (Å²) in [6.45, 7) is 4.42. The monoisotopic (exact) mass is 256 g/mol. The SMILES string of the molecule is Cc1ccc(C(=O)O)c(NCc2ccc(C)nc2)c1. The Hall–Kier alpha value is -2.36. The summed E-state index contributed by atoms with van der Waals surface area (Å²) in [6.07, 6.45) is 1.79. The Labute approximate surface area is 112 Å². The number of carboxylic acid groups (broad SMARTS) is 1. The topological polar surface area (TPSA) is 62.2 Å². The molecule has 1 heterocycles. The van der Waals surface area contributed by atoms with Crippen molar-refractivity contribution >= 4 is 11.7 Å². The molecule has 0 radical (unpaired) electrons. The van der Waals surface area contributed by atoms with E-state index in [1.165, 1.54) is 0 Å². The molecule has 2 rings (SSSR count). The number of pyridine rings is 1. The molecule has 19 heavy (non-hydrogen) atoms. The molecule has 4 nitrogen and oxygen atoms in total. The van der Waals surface area contributed by atoms with Crippen LogP contribution in [-0.4, -0.2) is 16.1 Å². The third-order valence-corrected chi connectivity index (χ3v) is 2.86. The van der Waals surface area contributed by atoms with Crippen LogP contribution in [0.25, 0.3) is 0 Å². The van der Waals surface area contributed by atoms with Gasteiger partial charge in [0.25, 0.3) is 0 Å². The Kier molecular flexibility index (Phi) is 3.80. The van der Waals surface area contributed by atoms with E-state index in [1.54, 1.807) is 18.3 Å². The summed E-state index contributed by atoms with van der Waals surface area (Å²) >= 11 is 0. The van der Waals surface area contributed by atoms with Crippen LogP contribution in [0.4, 0.5) is 5.69 Å². The second kappa shape index (κ2) is 5.52. The van der Waals surface area contributed by atoms with Gasteiger partial charge in [0.15, 0.2) is 0 Å². The number of anilines is 1. The summed E-state index contributed by atoms with van der Waals surface area (Å²) in [4.78, 5) is 15.3. The van der Waals surface area contributed by atoms with Crippen LogP contribution in [0.2, 0.25) is 0 Å². The van der Waals surface area contributed by atoms with E-state index < -0.39 is 5.97 Å². The van der Waals surface area contributed by atoms with Crippen molar-refractivity contribution in [2.75, 3.05) is 5.32 Å². The Morgan fingerprint density at radius 2 is 2.05 bits per heavy atom. The Balaban J connectivity index is 2.16. The molecule has 0 aliphatic heterocycles. The van der Waals surface area contributed by atoms with Gasteiger partial charge in [0, 0.05) is 24.1 Å². The highest BCUT2D eigenvalue weighted by molar-refractivity contribution is 5.94. The molecule has 2 aromatic rings. The van der Waals surface area contributed by atoms with Crippen LogP contribution < -0.4 is 5.32 Å². The summed E-state index contributed by atoms with van der Waals surface area (Å²) in [5.41, 5.74) is 3.92. The third kappa shape index (κ3) is 3.31. The van der Waals surface area contributed by atoms with Crippen LogP contribution in [0.1, 0.15) is 27.2 Å². The molecule has 0 unspecified atom stereocenters. The minimum atomic E-state index is -0.926. The fourth-order valence-electron chi connectivity index (χ4n) is 1.79. The number of nitrogens with zero attached hydrogens (tertiary/aromatic N) is 1. The zero-order chi connectivity index (χ0) is 13.8. The average molecular weight is 256 g/mol. The van der Waals surface area contributed by atoms with Crippen molar-refractivity contribution in [2.45, 2.75) is 20.4 Å². The molecular formula is C15H16N2O2. The molecule has 0 fully saturated rings. The maximum atomic E-state index is 11.1. The molecule has 98 valence electrons. The summed E-state index contributed by atoms with van der Waals surface area (Å²) in [5, 5.41) is 12.3. The van der Waals surface area contributed by atoms with Crippen molar-refractivity contribution in [1.82, 2.24) is 4.98 Å². The molecule has 1 aromatic heterocycles. The van der Waals surface area contributed by atoms with E-state index in [4.69, 9.17) is 5.11 Å². The number of aromatic carboxylic acids is 1. The molecule has 0 saturated carbocycles. The zero-order valence-electron chi connectivity index (χ0n) is 11.0. The molecular weight excluding hydrogens is 240 g/mol. The lowest BCUT2D eigenvalue weighted by atomic mass is 10.1. The fourth-order valence-corrected chi connectivity index (χ4v) is 1.79. The van der Waals surface area contributed by atoms with E-state index in [2.05, 4.69) is 10.3 Å². The van der Waals surface area contributed by atoms with Crippen molar-refractivity contribution in [3.8, 4) is 0 Å². The van der Waals surface area contributed by atoms with E-state index in [1.807, 2.05) is 32.0 Å². The van der Waals surface area contributed by atoms with Gasteiger partial charge in [0.2, 0.25) is 0 Å².